The molecule has 2 aromatic carbocycles. The Morgan fingerprint density at radius 3 is 2.79 bits per heavy atom. The zero-order valence-corrected chi connectivity index (χ0v) is 22.1. The molecule has 38 heavy (non-hydrogen) atoms. The Morgan fingerprint density at radius 2 is 1.97 bits per heavy atom. The molecule has 0 aliphatic carbocycles. The minimum atomic E-state index is -0.202. The van der Waals surface area contributed by atoms with Gasteiger partial charge in [-0.05, 0) is 56.2 Å². The maximum atomic E-state index is 12.5. The molecular weight excluding hydrogens is 496 g/mol. The number of ether oxygens (including phenoxy) is 1. The molecule has 0 bridgehead atoms. The van der Waals surface area contributed by atoms with E-state index < -0.39 is 0 Å². The third kappa shape index (κ3) is 4.78. The predicted octanol–water partition coefficient (Wildman–Crippen LogP) is 5.58. The topological polar surface area (TPSA) is 115 Å². The fourth-order valence-corrected chi connectivity index (χ4v) is 5.80. The second-order valence-electron chi connectivity index (χ2n) is 10.1. The highest BCUT2D eigenvalue weighted by Gasteiger charge is 2.28. The van der Waals surface area contributed by atoms with Crippen LogP contribution in [0, 0.1) is 0 Å². The van der Waals surface area contributed by atoms with Crippen molar-refractivity contribution in [2.24, 2.45) is 0 Å². The van der Waals surface area contributed by atoms with Crippen LogP contribution in [0.3, 0.4) is 0 Å². The first kappa shape index (κ1) is 24.3. The van der Waals surface area contributed by atoms with Gasteiger partial charge in [0.25, 0.3) is 5.91 Å². The molecule has 0 radical (unpaired) electrons. The van der Waals surface area contributed by atoms with E-state index in [2.05, 4.69) is 40.5 Å². The van der Waals surface area contributed by atoms with Crippen molar-refractivity contribution < 1.29 is 9.53 Å². The number of nitrogens with two attached hydrogens (primary N) is 1. The van der Waals surface area contributed by atoms with Crippen LogP contribution in [0.25, 0.3) is 20.4 Å². The number of thiophene rings is 1. The quantitative estimate of drug-likeness (QED) is 0.248. The van der Waals surface area contributed by atoms with Crippen molar-refractivity contribution in [2.75, 3.05) is 22.9 Å². The molecule has 0 saturated carbocycles. The summed E-state index contributed by atoms with van der Waals surface area (Å²) in [5, 5.41) is 7.39. The third-order valence-corrected chi connectivity index (χ3v) is 7.83. The molecule has 9 heteroatoms. The van der Waals surface area contributed by atoms with Crippen LogP contribution in [0.5, 0.6) is 0 Å². The molecule has 0 fully saturated rings. The van der Waals surface area contributed by atoms with Crippen molar-refractivity contribution in [3.05, 3.63) is 83.3 Å². The van der Waals surface area contributed by atoms with Gasteiger partial charge in [-0.1, -0.05) is 24.3 Å². The summed E-state index contributed by atoms with van der Waals surface area (Å²) in [5.74, 6) is 0.613. The number of amides is 1. The van der Waals surface area contributed by atoms with Gasteiger partial charge in [0, 0.05) is 29.5 Å². The van der Waals surface area contributed by atoms with E-state index in [0.29, 0.717) is 30.1 Å². The van der Waals surface area contributed by atoms with Gasteiger partial charge in [-0.3, -0.25) is 4.79 Å². The Labute approximate surface area is 224 Å². The molecule has 4 N–H and O–H groups in total. The SMILES string of the molecule is CC1(C)Cc2nc3sc4c(NCCc5ccc(NC(=O)c6ccccc6)c(N)c5)ncnc4c3cc2CO1. The van der Waals surface area contributed by atoms with Gasteiger partial charge in [0.2, 0.25) is 0 Å². The number of benzene rings is 2. The number of fused-ring (bicyclic) bond motifs is 4. The number of anilines is 3. The van der Waals surface area contributed by atoms with E-state index in [-0.39, 0.29) is 11.5 Å². The van der Waals surface area contributed by atoms with Crippen molar-refractivity contribution in [3.63, 3.8) is 0 Å². The number of pyridine rings is 1. The fourth-order valence-electron chi connectivity index (χ4n) is 4.70. The van der Waals surface area contributed by atoms with E-state index in [1.165, 1.54) is 0 Å². The van der Waals surface area contributed by atoms with Gasteiger partial charge >= 0.3 is 0 Å². The van der Waals surface area contributed by atoms with Crippen LogP contribution < -0.4 is 16.4 Å². The lowest BCUT2D eigenvalue weighted by atomic mass is 9.95. The maximum absolute atomic E-state index is 12.5. The van der Waals surface area contributed by atoms with Crippen LogP contribution >= 0.6 is 11.3 Å². The Balaban J connectivity index is 1.16. The maximum Gasteiger partial charge on any atom is 0.255 e. The Kier molecular flexibility index (Phi) is 6.17. The van der Waals surface area contributed by atoms with Gasteiger partial charge in [0.1, 0.15) is 17.0 Å². The molecule has 5 aromatic rings. The minimum absolute atomic E-state index is 0.186. The molecule has 0 saturated heterocycles. The molecule has 1 aliphatic heterocycles. The van der Waals surface area contributed by atoms with Gasteiger partial charge in [0.15, 0.2) is 0 Å². The number of hydrogen-bond donors (Lipinski definition) is 3. The molecular formula is C29H28N6O2S. The van der Waals surface area contributed by atoms with Crippen LogP contribution in [0.4, 0.5) is 17.2 Å². The first-order valence-electron chi connectivity index (χ1n) is 12.5. The number of carbonyl (C=O) groups is 1. The molecule has 0 spiro atoms. The number of nitrogens with one attached hydrogen (secondary N) is 2. The predicted molar refractivity (Wildman–Crippen MR) is 153 cm³/mol. The van der Waals surface area contributed by atoms with E-state index in [9.17, 15) is 4.79 Å². The Hall–Kier alpha value is -4.08. The van der Waals surface area contributed by atoms with Crippen molar-refractivity contribution >= 4 is 54.9 Å². The monoisotopic (exact) mass is 524 g/mol. The second-order valence-corrected chi connectivity index (χ2v) is 11.1. The Bertz CT molecular complexity index is 1660. The zero-order valence-electron chi connectivity index (χ0n) is 21.2. The summed E-state index contributed by atoms with van der Waals surface area (Å²) in [5.41, 5.74) is 12.0. The van der Waals surface area contributed by atoms with Crippen LogP contribution in [-0.2, 0) is 24.2 Å². The summed E-state index contributed by atoms with van der Waals surface area (Å²) in [6, 6.07) is 17.0. The number of aromatic nitrogens is 3. The normalized spacial score (nSPS) is 14.4. The van der Waals surface area contributed by atoms with E-state index in [4.69, 9.17) is 15.5 Å². The Morgan fingerprint density at radius 1 is 1.13 bits per heavy atom. The summed E-state index contributed by atoms with van der Waals surface area (Å²) < 4.78 is 6.99. The minimum Gasteiger partial charge on any atom is -0.397 e. The lowest BCUT2D eigenvalue weighted by Gasteiger charge is -2.30. The third-order valence-electron chi connectivity index (χ3n) is 6.73. The molecule has 0 unspecified atom stereocenters. The average Bonchev–Trinajstić information content (AvgIpc) is 3.27. The molecule has 4 heterocycles. The van der Waals surface area contributed by atoms with Crippen molar-refractivity contribution in [3.8, 4) is 0 Å². The number of carbonyl (C=O) groups excluding carboxylic acids is 1. The van der Waals surface area contributed by atoms with Crippen molar-refractivity contribution in [1.82, 2.24) is 15.0 Å². The molecule has 0 atom stereocenters. The second kappa shape index (κ2) is 9.66. The lowest BCUT2D eigenvalue weighted by Crippen LogP contribution is -2.32. The van der Waals surface area contributed by atoms with Gasteiger partial charge in [0.05, 0.1) is 39.5 Å². The lowest BCUT2D eigenvalue weighted by molar-refractivity contribution is -0.0411. The molecule has 8 nitrogen and oxygen atoms in total. The highest BCUT2D eigenvalue weighted by atomic mass is 32.1. The average molecular weight is 525 g/mol. The zero-order chi connectivity index (χ0) is 26.3. The van der Waals surface area contributed by atoms with Crippen LogP contribution in [0.1, 0.15) is 41.0 Å². The molecule has 6 rings (SSSR count). The smallest absolute Gasteiger partial charge is 0.255 e. The standard InChI is InChI=1S/C29H28N6O2S/c1-29(2)14-23-19(15-37-29)13-20-24-25(38-28(20)35-23)26(33-16-32-24)31-11-10-17-8-9-22(21(30)12-17)34-27(36)18-6-4-3-5-7-18/h3-9,12-13,16H,10-11,14-15,30H2,1-2H3,(H,34,36)(H,31,32,33). The van der Waals surface area contributed by atoms with Crippen LogP contribution in [0.2, 0.25) is 0 Å². The van der Waals surface area contributed by atoms with E-state index in [0.717, 1.165) is 55.9 Å². The van der Waals surface area contributed by atoms with E-state index >= 15 is 0 Å². The first-order chi connectivity index (χ1) is 18.4. The highest BCUT2D eigenvalue weighted by molar-refractivity contribution is 7.25. The molecule has 1 aliphatic rings. The van der Waals surface area contributed by atoms with Gasteiger partial charge in [-0.15, -0.1) is 11.3 Å². The fraction of sp³-hybridized carbons (Fsp3) is 0.241. The van der Waals surface area contributed by atoms with Gasteiger partial charge in [-0.25, -0.2) is 15.0 Å². The first-order valence-corrected chi connectivity index (χ1v) is 13.4. The highest BCUT2D eigenvalue weighted by Crippen LogP contribution is 2.38. The molecule has 192 valence electrons. The number of nitrogens with zero attached hydrogens (tertiary/aromatic N) is 3. The number of nitrogen functional groups attached to an aromatic ring is 1. The van der Waals surface area contributed by atoms with Crippen molar-refractivity contribution in [1.29, 1.82) is 0 Å². The van der Waals surface area contributed by atoms with Gasteiger partial charge < -0.3 is 21.1 Å². The molecule has 1 amide bonds. The van der Waals surface area contributed by atoms with Crippen molar-refractivity contribution in [2.45, 2.75) is 38.9 Å². The summed E-state index contributed by atoms with van der Waals surface area (Å²) in [6.07, 6.45) is 3.13. The van der Waals surface area contributed by atoms with Crippen LogP contribution in [-0.4, -0.2) is 33.0 Å². The summed E-state index contributed by atoms with van der Waals surface area (Å²) in [4.78, 5) is 27.5. The number of hydrogen-bond acceptors (Lipinski definition) is 8. The summed E-state index contributed by atoms with van der Waals surface area (Å²) in [7, 11) is 0. The molecule has 3 aromatic heterocycles. The number of rotatable bonds is 6. The van der Waals surface area contributed by atoms with E-state index in [1.54, 1.807) is 29.8 Å². The summed E-state index contributed by atoms with van der Waals surface area (Å²) >= 11 is 1.62. The van der Waals surface area contributed by atoms with E-state index in [1.807, 2.05) is 36.4 Å². The largest absolute Gasteiger partial charge is 0.397 e. The van der Waals surface area contributed by atoms with Crippen LogP contribution in [0.15, 0.2) is 60.9 Å². The summed E-state index contributed by atoms with van der Waals surface area (Å²) in [6.45, 7) is 5.43. The van der Waals surface area contributed by atoms with Gasteiger partial charge in [-0.2, -0.15) is 0 Å².